The maximum Gasteiger partial charge on any atom is -1.00 e. The Morgan fingerprint density at radius 1 is 0.889 bits per heavy atom. The van der Waals surface area contributed by atoms with E-state index in [0.717, 1.165) is 11.5 Å². The molecule has 140 valence electrons. The molecule has 1 saturated carbocycles. The number of benzene rings is 2. The minimum Gasteiger partial charge on any atom is -1.00 e. The summed E-state index contributed by atoms with van der Waals surface area (Å²) in [5.41, 5.74) is 2.47. The molecule has 0 saturated heterocycles. The van der Waals surface area contributed by atoms with Crippen molar-refractivity contribution in [2.45, 2.75) is 29.0 Å². The molecular weight excluding hydrogens is 447 g/mol. The van der Waals surface area contributed by atoms with Crippen molar-refractivity contribution in [2.24, 2.45) is 5.92 Å². The number of allylic oxidation sites excluding steroid dienone is 4. The fraction of sp³-hybridized carbons (Fsp3) is 0.273. The number of hydrogen-bond donors (Lipinski definition) is 0. The maximum absolute atomic E-state index is 2.49. The van der Waals surface area contributed by atoms with Crippen LogP contribution in [-0.2, 0) is 20.4 Å². The van der Waals surface area contributed by atoms with Gasteiger partial charge in [0, 0.05) is 0 Å². The summed E-state index contributed by atoms with van der Waals surface area (Å²) in [6.07, 6.45) is 9.63. The van der Waals surface area contributed by atoms with Gasteiger partial charge in [0.15, 0.2) is 0 Å². The van der Waals surface area contributed by atoms with Crippen LogP contribution in [0.3, 0.4) is 0 Å². The van der Waals surface area contributed by atoms with E-state index in [1.54, 1.807) is 15.9 Å². The van der Waals surface area contributed by atoms with Crippen LogP contribution in [0.2, 0.25) is 9.26 Å². The molecule has 0 radical (unpaired) electrons. The molecule has 5 heteroatoms. The summed E-state index contributed by atoms with van der Waals surface area (Å²) in [7, 11) is -1.27. The molecular formula is C22H23Cl3SiTi. The van der Waals surface area contributed by atoms with E-state index in [2.05, 4.69) is 106 Å². The summed E-state index contributed by atoms with van der Waals surface area (Å²) in [6, 6.07) is 22.6. The average molecular weight is 470 g/mol. The van der Waals surface area contributed by atoms with E-state index >= 15 is 0 Å². The normalized spacial score (nSPS) is 25.6. The average Bonchev–Trinajstić information content (AvgIpc) is 2.89. The molecule has 0 amide bonds. The van der Waals surface area contributed by atoms with Gasteiger partial charge in [0.25, 0.3) is 0 Å². The van der Waals surface area contributed by atoms with Crippen molar-refractivity contribution in [2.75, 3.05) is 0 Å². The summed E-state index contributed by atoms with van der Waals surface area (Å²) in [5.74, 6) is 0.762. The summed E-state index contributed by atoms with van der Waals surface area (Å²) in [4.78, 5) is 0. The molecule has 3 atom stereocenters. The van der Waals surface area contributed by atoms with E-state index in [-0.39, 0.29) is 37.2 Å². The minimum absolute atomic E-state index is 0. The molecule has 0 nitrogen and oxygen atoms in total. The van der Waals surface area contributed by atoms with Crippen molar-refractivity contribution in [3.8, 4) is 0 Å². The van der Waals surface area contributed by atoms with Gasteiger partial charge in [0.1, 0.15) is 0 Å². The predicted molar refractivity (Wildman–Crippen MR) is 101 cm³/mol. The quantitative estimate of drug-likeness (QED) is 0.395. The zero-order chi connectivity index (χ0) is 16.6. The Bertz CT molecular complexity index is 735. The monoisotopic (exact) mass is 468 g/mol. The van der Waals surface area contributed by atoms with Gasteiger partial charge in [0.2, 0.25) is 0 Å². The first-order valence-electron chi connectivity index (χ1n) is 8.90. The van der Waals surface area contributed by atoms with E-state index in [9.17, 15) is 0 Å². The van der Waals surface area contributed by atoms with Gasteiger partial charge in [-0.3, -0.25) is 0 Å². The van der Waals surface area contributed by atoms with Crippen LogP contribution in [0, 0.1) is 5.92 Å². The Morgan fingerprint density at radius 3 is 1.89 bits per heavy atom. The second-order valence-electron chi connectivity index (χ2n) is 7.33. The van der Waals surface area contributed by atoms with Crippen LogP contribution in [0.4, 0.5) is 0 Å². The van der Waals surface area contributed by atoms with Crippen molar-refractivity contribution in [3.63, 3.8) is 0 Å². The van der Waals surface area contributed by atoms with Gasteiger partial charge in [-0.1, -0.05) is 0 Å². The third-order valence-corrected chi connectivity index (χ3v) is 11.4. The minimum atomic E-state index is -1.27. The van der Waals surface area contributed by atoms with Gasteiger partial charge in [-0.2, -0.15) is 0 Å². The van der Waals surface area contributed by atoms with Crippen LogP contribution in [0.15, 0.2) is 84.5 Å². The number of fused-ring (bicyclic) bond motifs is 1. The van der Waals surface area contributed by atoms with Crippen LogP contribution >= 0.6 is 0 Å². The second kappa shape index (κ2) is 10.5. The van der Waals surface area contributed by atoms with Gasteiger partial charge in [-0.15, -0.1) is 0 Å². The van der Waals surface area contributed by atoms with Crippen molar-refractivity contribution in [3.05, 3.63) is 84.5 Å². The Hall–Kier alpha value is -0.279. The maximum atomic E-state index is 2.49. The van der Waals surface area contributed by atoms with E-state index < -0.39 is 8.80 Å². The molecule has 2 aliphatic rings. The molecule has 0 spiro atoms. The standard InChI is InChI=1S/C22H23Si.3ClH.Ti/c1-17-21-15-9-8-10-18(21)16-22(17)23(19-11-4-2-5-12-19)20-13-6-3-7-14-20;;;;/h2-9,11-15,18,22-23H,10,16H2,1H3;3*1H;/q;;;;+3/p-3. The molecule has 2 aromatic carbocycles. The summed E-state index contributed by atoms with van der Waals surface area (Å²) in [6.45, 7) is 2.49. The zero-order valence-corrected chi connectivity index (χ0v) is 20.3. The van der Waals surface area contributed by atoms with Gasteiger partial charge in [-0.05, 0) is 0 Å². The molecule has 2 aromatic rings. The molecule has 4 rings (SSSR count). The topological polar surface area (TPSA) is 0 Å². The summed E-state index contributed by atoms with van der Waals surface area (Å²) in [5, 5.41) is 3.18. The van der Waals surface area contributed by atoms with E-state index in [4.69, 9.17) is 0 Å². The molecule has 2 aliphatic carbocycles. The van der Waals surface area contributed by atoms with Crippen LogP contribution in [0.5, 0.6) is 0 Å². The number of halogens is 3. The Morgan fingerprint density at radius 2 is 1.41 bits per heavy atom. The Balaban J connectivity index is 0.00000121. The van der Waals surface area contributed by atoms with Gasteiger partial charge >= 0.3 is 159 Å². The zero-order valence-electron chi connectivity index (χ0n) is 15.3. The Labute approximate surface area is 195 Å². The first-order valence-corrected chi connectivity index (χ1v) is 11.5. The number of rotatable bonds is 3. The Kier molecular flexibility index (Phi) is 9.61. The van der Waals surface area contributed by atoms with Crippen LogP contribution in [0.25, 0.3) is 0 Å². The van der Waals surface area contributed by atoms with Crippen LogP contribution in [0.1, 0.15) is 19.8 Å². The van der Waals surface area contributed by atoms with Crippen molar-refractivity contribution < 1.29 is 57.7 Å². The van der Waals surface area contributed by atoms with Crippen molar-refractivity contribution in [1.29, 1.82) is 0 Å². The molecule has 0 aromatic heterocycles. The molecule has 3 unspecified atom stereocenters. The smallest absolute Gasteiger partial charge is 1.00 e. The molecule has 1 fully saturated rings. The summed E-state index contributed by atoms with van der Waals surface area (Å²) >= 11 is 2.49. The third kappa shape index (κ3) is 4.83. The first kappa shape index (κ1) is 24.8. The van der Waals surface area contributed by atoms with E-state index in [1.807, 2.05) is 0 Å². The molecule has 0 aliphatic heterocycles. The first-order chi connectivity index (χ1) is 11.7. The predicted octanol–water partition coefficient (Wildman–Crippen LogP) is -4.96. The fourth-order valence-corrected chi connectivity index (χ4v) is 10.2. The fourth-order valence-electron chi connectivity index (χ4n) is 4.70. The van der Waals surface area contributed by atoms with Gasteiger partial charge in [-0.25, -0.2) is 0 Å². The van der Waals surface area contributed by atoms with Crippen LogP contribution in [-0.4, -0.2) is 8.80 Å². The molecule has 0 bridgehead atoms. The molecule has 0 heterocycles. The van der Waals surface area contributed by atoms with Crippen molar-refractivity contribution in [1.82, 2.24) is 0 Å². The molecule has 0 N–H and O–H groups in total. The van der Waals surface area contributed by atoms with E-state index in [0.29, 0.717) is 3.72 Å². The third-order valence-electron chi connectivity index (χ3n) is 5.87. The largest absolute Gasteiger partial charge is 1.00 e. The SMILES string of the molecule is C[C]1([Ti+3])C2=CC=CCC2CC1[SiH](c1ccccc1)c1ccccc1.[Cl-].[Cl-].[Cl-]. The van der Waals surface area contributed by atoms with Crippen molar-refractivity contribution >= 4 is 19.2 Å². The van der Waals surface area contributed by atoms with Gasteiger partial charge in [0.05, 0.1) is 0 Å². The second-order valence-corrected chi connectivity index (χ2v) is 12.0. The number of hydrogen-bond acceptors (Lipinski definition) is 0. The molecule has 27 heavy (non-hydrogen) atoms. The van der Waals surface area contributed by atoms with E-state index in [1.165, 1.54) is 12.8 Å². The van der Waals surface area contributed by atoms with Crippen LogP contribution < -0.4 is 47.6 Å². The summed E-state index contributed by atoms with van der Waals surface area (Å²) < 4.78 is 0.304. The van der Waals surface area contributed by atoms with Gasteiger partial charge < -0.3 is 37.2 Å².